The van der Waals surface area contributed by atoms with Gasteiger partial charge in [-0.1, -0.05) is 0 Å². The fourth-order valence-electron chi connectivity index (χ4n) is 1.83. The lowest BCUT2D eigenvalue weighted by atomic mass is 9.95. The summed E-state index contributed by atoms with van der Waals surface area (Å²) in [4.78, 5) is 28.3. The van der Waals surface area contributed by atoms with Gasteiger partial charge in [-0.05, 0) is 39.8 Å². The minimum atomic E-state index is -0.266. The lowest BCUT2D eigenvalue weighted by Gasteiger charge is -2.25. The maximum absolute atomic E-state index is 12.2. The van der Waals surface area contributed by atoms with E-state index in [4.69, 9.17) is 0 Å². The molecule has 0 atom stereocenters. The summed E-state index contributed by atoms with van der Waals surface area (Å²) in [6.07, 6.45) is 1.34. The van der Waals surface area contributed by atoms with E-state index in [-0.39, 0.29) is 22.8 Å². The van der Waals surface area contributed by atoms with E-state index in [2.05, 4.69) is 10.3 Å². The summed E-state index contributed by atoms with van der Waals surface area (Å²) in [6, 6.07) is 3.40. The highest BCUT2D eigenvalue weighted by atomic mass is 16.1. The predicted octanol–water partition coefficient (Wildman–Crippen LogP) is 2.04. The normalized spacial score (nSPS) is 15.2. The molecule has 0 radical (unpaired) electrons. The molecular weight excluding hydrogens is 228 g/mol. The number of aryl methyl sites for hydroxylation is 1. The smallest absolute Gasteiger partial charge is 0.211 e. The molecule has 2 rings (SSSR count). The van der Waals surface area contributed by atoms with Crippen LogP contribution in [0.3, 0.4) is 0 Å². The SMILES string of the molecule is Cc1ccc2c(n1)C(=O)C=C(NC(C)(C)C)C2=O. The van der Waals surface area contributed by atoms with Crippen LogP contribution in [0.5, 0.6) is 0 Å². The van der Waals surface area contributed by atoms with E-state index in [0.717, 1.165) is 5.69 Å². The molecule has 1 heterocycles. The van der Waals surface area contributed by atoms with Gasteiger partial charge in [0.05, 0.1) is 11.3 Å². The van der Waals surface area contributed by atoms with Crippen LogP contribution in [0, 0.1) is 6.92 Å². The Balaban J connectivity index is 2.45. The molecule has 18 heavy (non-hydrogen) atoms. The number of nitrogens with zero attached hydrogens (tertiary/aromatic N) is 1. The summed E-state index contributed by atoms with van der Waals surface area (Å²) < 4.78 is 0. The largest absolute Gasteiger partial charge is 0.377 e. The fourth-order valence-corrected chi connectivity index (χ4v) is 1.83. The van der Waals surface area contributed by atoms with Crippen LogP contribution in [0.2, 0.25) is 0 Å². The van der Waals surface area contributed by atoms with Crippen LogP contribution in [0.15, 0.2) is 23.9 Å². The van der Waals surface area contributed by atoms with Crippen molar-refractivity contribution in [2.45, 2.75) is 33.2 Å². The summed E-state index contributed by atoms with van der Waals surface area (Å²) in [5, 5.41) is 3.06. The Morgan fingerprint density at radius 2 is 1.83 bits per heavy atom. The molecule has 0 unspecified atom stereocenters. The van der Waals surface area contributed by atoms with Crippen molar-refractivity contribution in [2.24, 2.45) is 0 Å². The number of fused-ring (bicyclic) bond motifs is 1. The van der Waals surface area contributed by atoms with Gasteiger partial charge in [0.2, 0.25) is 11.6 Å². The molecule has 4 heteroatoms. The number of rotatable bonds is 1. The first-order valence-electron chi connectivity index (χ1n) is 5.84. The minimum absolute atomic E-state index is 0.174. The molecule has 4 nitrogen and oxygen atoms in total. The number of aromatic nitrogens is 1. The van der Waals surface area contributed by atoms with E-state index in [0.29, 0.717) is 11.3 Å². The third-order valence-electron chi connectivity index (χ3n) is 2.54. The zero-order valence-electron chi connectivity index (χ0n) is 11.0. The summed E-state index contributed by atoms with van der Waals surface area (Å²) in [5.41, 5.74) is 1.43. The van der Waals surface area contributed by atoms with Crippen LogP contribution in [-0.2, 0) is 0 Å². The van der Waals surface area contributed by atoms with Crippen molar-refractivity contribution >= 4 is 11.6 Å². The monoisotopic (exact) mass is 244 g/mol. The van der Waals surface area contributed by atoms with Crippen molar-refractivity contribution in [1.82, 2.24) is 10.3 Å². The zero-order valence-corrected chi connectivity index (χ0v) is 11.0. The van der Waals surface area contributed by atoms with Gasteiger partial charge in [-0.2, -0.15) is 0 Å². The van der Waals surface area contributed by atoms with Crippen LogP contribution >= 0.6 is 0 Å². The van der Waals surface area contributed by atoms with Gasteiger partial charge in [0.1, 0.15) is 5.69 Å². The molecule has 0 aromatic carbocycles. The molecule has 0 saturated carbocycles. The van der Waals surface area contributed by atoms with E-state index >= 15 is 0 Å². The molecule has 1 aromatic heterocycles. The van der Waals surface area contributed by atoms with Gasteiger partial charge in [-0.15, -0.1) is 0 Å². The van der Waals surface area contributed by atoms with Gasteiger partial charge in [0.15, 0.2) is 0 Å². The molecule has 0 spiro atoms. The Morgan fingerprint density at radius 1 is 1.17 bits per heavy atom. The first-order chi connectivity index (χ1) is 8.28. The van der Waals surface area contributed by atoms with E-state index in [1.54, 1.807) is 19.1 Å². The topological polar surface area (TPSA) is 59.1 Å². The van der Waals surface area contributed by atoms with E-state index in [1.807, 2.05) is 20.8 Å². The van der Waals surface area contributed by atoms with Crippen molar-refractivity contribution in [2.75, 3.05) is 0 Å². The average Bonchev–Trinajstić information content (AvgIpc) is 2.23. The van der Waals surface area contributed by atoms with E-state index in [9.17, 15) is 9.59 Å². The number of hydrogen-bond acceptors (Lipinski definition) is 4. The van der Waals surface area contributed by atoms with Gasteiger partial charge in [0.25, 0.3) is 0 Å². The number of nitrogens with one attached hydrogen (secondary N) is 1. The molecule has 1 N–H and O–H groups in total. The first-order valence-corrected chi connectivity index (χ1v) is 5.84. The summed E-state index contributed by atoms with van der Waals surface area (Å²) in [5.74, 6) is -0.396. The fraction of sp³-hybridized carbons (Fsp3) is 0.357. The van der Waals surface area contributed by atoms with Crippen molar-refractivity contribution in [1.29, 1.82) is 0 Å². The highest BCUT2D eigenvalue weighted by Gasteiger charge is 2.28. The van der Waals surface area contributed by atoms with E-state index < -0.39 is 0 Å². The molecule has 0 aliphatic heterocycles. The Bertz CT molecular complexity index is 566. The second-order valence-corrected chi connectivity index (χ2v) is 5.48. The van der Waals surface area contributed by atoms with Crippen molar-refractivity contribution in [3.05, 3.63) is 40.9 Å². The standard InChI is InChI=1S/C14H16N2O2/c1-8-5-6-9-12(15-8)11(17)7-10(13(9)18)16-14(2,3)4/h5-7,16H,1-4H3. The van der Waals surface area contributed by atoms with Gasteiger partial charge < -0.3 is 5.32 Å². The van der Waals surface area contributed by atoms with Crippen LogP contribution < -0.4 is 5.32 Å². The van der Waals surface area contributed by atoms with Gasteiger partial charge in [0, 0.05) is 17.3 Å². The van der Waals surface area contributed by atoms with Crippen LogP contribution in [0.4, 0.5) is 0 Å². The zero-order chi connectivity index (χ0) is 13.5. The molecule has 0 amide bonds. The Morgan fingerprint density at radius 3 is 2.44 bits per heavy atom. The lowest BCUT2D eigenvalue weighted by molar-refractivity contribution is 0.0970. The van der Waals surface area contributed by atoms with E-state index in [1.165, 1.54) is 6.08 Å². The summed E-state index contributed by atoms with van der Waals surface area (Å²) in [7, 11) is 0. The Labute approximate surface area is 106 Å². The number of Topliss-reactive ketones (excluding diaryl/α,β-unsaturated/α-hetero) is 1. The number of pyridine rings is 1. The maximum atomic E-state index is 12.2. The van der Waals surface area contributed by atoms with Crippen molar-refractivity contribution in [3.8, 4) is 0 Å². The predicted molar refractivity (Wildman–Crippen MR) is 68.6 cm³/mol. The second kappa shape index (κ2) is 4.05. The average molecular weight is 244 g/mol. The maximum Gasteiger partial charge on any atom is 0.211 e. The molecule has 0 fully saturated rings. The third kappa shape index (κ3) is 2.32. The van der Waals surface area contributed by atoms with Crippen LogP contribution in [-0.4, -0.2) is 22.1 Å². The lowest BCUT2D eigenvalue weighted by Crippen LogP contribution is -2.39. The third-order valence-corrected chi connectivity index (χ3v) is 2.54. The Hall–Kier alpha value is -1.97. The summed E-state index contributed by atoms with van der Waals surface area (Å²) in [6.45, 7) is 7.61. The first kappa shape index (κ1) is 12.5. The molecular formula is C14H16N2O2. The number of carbonyl (C=O) groups excluding carboxylic acids is 2. The number of allylic oxidation sites excluding steroid dienone is 2. The van der Waals surface area contributed by atoms with Crippen molar-refractivity contribution in [3.63, 3.8) is 0 Å². The Kier molecular flexibility index (Phi) is 2.81. The van der Waals surface area contributed by atoms with Crippen molar-refractivity contribution < 1.29 is 9.59 Å². The molecule has 1 aliphatic rings. The summed E-state index contributed by atoms with van der Waals surface area (Å²) >= 11 is 0. The highest BCUT2D eigenvalue weighted by molar-refractivity contribution is 6.23. The second-order valence-electron chi connectivity index (χ2n) is 5.48. The molecule has 1 aliphatic carbocycles. The molecule has 1 aromatic rings. The molecule has 0 saturated heterocycles. The van der Waals surface area contributed by atoms with Gasteiger partial charge in [-0.25, -0.2) is 4.98 Å². The minimum Gasteiger partial charge on any atom is -0.377 e. The quantitative estimate of drug-likeness (QED) is 0.821. The molecule has 94 valence electrons. The number of carbonyl (C=O) groups is 2. The highest BCUT2D eigenvalue weighted by Crippen LogP contribution is 2.20. The number of ketones is 2. The molecule has 0 bridgehead atoms. The number of hydrogen-bond donors (Lipinski definition) is 1. The van der Waals surface area contributed by atoms with Gasteiger partial charge >= 0.3 is 0 Å². The van der Waals surface area contributed by atoms with Crippen LogP contribution in [0.25, 0.3) is 0 Å². The van der Waals surface area contributed by atoms with Gasteiger partial charge in [-0.3, -0.25) is 9.59 Å². The van der Waals surface area contributed by atoms with Crippen LogP contribution in [0.1, 0.15) is 47.3 Å².